The predicted molar refractivity (Wildman–Crippen MR) is 147 cm³/mol. The number of fused-ring (bicyclic) bond motifs is 1. The van der Waals surface area contributed by atoms with E-state index < -0.39 is 11.8 Å². The number of hydrogen-bond acceptors (Lipinski definition) is 6. The fraction of sp³-hybridized carbons (Fsp3) is 0.0645. The summed E-state index contributed by atoms with van der Waals surface area (Å²) < 4.78 is 16.6. The van der Waals surface area contributed by atoms with Gasteiger partial charge in [0.15, 0.2) is 11.5 Å². The molecule has 2 N–H and O–H groups in total. The Morgan fingerprint density at radius 2 is 1.51 bits per heavy atom. The molecule has 0 radical (unpaired) electrons. The second-order valence-corrected chi connectivity index (χ2v) is 8.53. The molecule has 0 aliphatic carbocycles. The number of amides is 2. The Kier molecular flexibility index (Phi) is 7.94. The summed E-state index contributed by atoms with van der Waals surface area (Å²) in [6, 6.07) is 31.1. The fourth-order valence-corrected chi connectivity index (χ4v) is 3.73. The molecule has 0 bridgehead atoms. The molecular formula is C31H25N3O5. The van der Waals surface area contributed by atoms with Crippen LogP contribution in [0.25, 0.3) is 6.08 Å². The van der Waals surface area contributed by atoms with Crippen molar-refractivity contribution in [3.63, 3.8) is 0 Å². The van der Waals surface area contributed by atoms with Crippen molar-refractivity contribution in [2.75, 3.05) is 6.79 Å². The van der Waals surface area contributed by atoms with Crippen LogP contribution in [0.15, 0.2) is 114 Å². The van der Waals surface area contributed by atoms with Crippen LogP contribution in [-0.4, -0.2) is 24.8 Å². The lowest BCUT2D eigenvalue weighted by Crippen LogP contribution is -2.32. The minimum Gasteiger partial charge on any atom is -0.489 e. The smallest absolute Gasteiger partial charge is 0.287 e. The molecule has 1 heterocycles. The van der Waals surface area contributed by atoms with E-state index in [1.807, 2.05) is 60.7 Å². The van der Waals surface area contributed by atoms with Gasteiger partial charge in [-0.2, -0.15) is 5.10 Å². The highest BCUT2D eigenvalue weighted by atomic mass is 16.7. The number of carbonyl (C=O) groups excluding carboxylic acids is 2. The van der Waals surface area contributed by atoms with Crippen LogP contribution < -0.4 is 25.0 Å². The first-order valence-corrected chi connectivity index (χ1v) is 12.2. The van der Waals surface area contributed by atoms with E-state index >= 15 is 0 Å². The van der Waals surface area contributed by atoms with E-state index in [-0.39, 0.29) is 12.5 Å². The van der Waals surface area contributed by atoms with Gasteiger partial charge in [0.2, 0.25) is 6.79 Å². The number of nitrogens with zero attached hydrogens (tertiary/aromatic N) is 1. The summed E-state index contributed by atoms with van der Waals surface area (Å²) in [5.74, 6) is 0.890. The van der Waals surface area contributed by atoms with Crippen molar-refractivity contribution in [2.45, 2.75) is 6.61 Å². The van der Waals surface area contributed by atoms with Gasteiger partial charge >= 0.3 is 0 Å². The lowest BCUT2D eigenvalue weighted by Gasteiger charge is -2.09. The van der Waals surface area contributed by atoms with Crippen molar-refractivity contribution in [1.29, 1.82) is 0 Å². The number of hydrazone groups is 1. The molecule has 4 aromatic rings. The van der Waals surface area contributed by atoms with Gasteiger partial charge in [0.1, 0.15) is 18.1 Å². The topological polar surface area (TPSA) is 98.2 Å². The number of nitrogens with one attached hydrogen (secondary N) is 2. The number of ether oxygens (including phenoxy) is 3. The third-order valence-corrected chi connectivity index (χ3v) is 5.74. The predicted octanol–water partition coefficient (Wildman–Crippen LogP) is 4.92. The second kappa shape index (κ2) is 12.2. The summed E-state index contributed by atoms with van der Waals surface area (Å²) in [4.78, 5) is 25.8. The van der Waals surface area contributed by atoms with Crippen LogP contribution in [0.5, 0.6) is 17.2 Å². The molecule has 1 aliphatic heterocycles. The van der Waals surface area contributed by atoms with E-state index in [9.17, 15) is 9.59 Å². The molecule has 0 unspecified atom stereocenters. The van der Waals surface area contributed by atoms with Crippen molar-refractivity contribution in [2.24, 2.45) is 5.10 Å². The number of hydrogen-bond donors (Lipinski definition) is 2. The molecule has 194 valence electrons. The second-order valence-electron chi connectivity index (χ2n) is 8.53. The zero-order valence-electron chi connectivity index (χ0n) is 20.9. The molecule has 0 saturated heterocycles. The van der Waals surface area contributed by atoms with Gasteiger partial charge in [-0.15, -0.1) is 0 Å². The SMILES string of the molecule is O=C(N/N=C\c1ccc(OCc2ccccc2)cc1)/C(=C/c1ccc2c(c1)OCO2)NC(=O)c1ccccc1. The van der Waals surface area contributed by atoms with E-state index in [4.69, 9.17) is 14.2 Å². The van der Waals surface area contributed by atoms with Crippen LogP contribution in [0.3, 0.4) is 0 Å². The average Bonchev–Trinajstić information content (AvgIpc) is 3.45. The first kappa shape index (κ1) is 25.3. The number of carbonyl (C=O) groups is 2. The Hall–Kier alpha value is -5.37. The van der Waals surface area contributed by atoms with E-state index in [0.717, 1.165) is 16.9 Å². The fourth-order valence-electron chi connectivity index (χ4n) is 3.73. The maximum Gasteiger partial charge on any atom is 0.287 e. The Bertz CT molecular complexity index is 1500. The first-order chi connectivity index (χ1) is 19.1. The van der Waals surface area contributed by atoms with Crippen molar-refractivity contribution in [3.8, 4) is 17.2 Å². The Morgan fingerprint density at radius 1 is 0.821 bits per heavy atom. The van der Waals surface area contributed by atoms with Gasteiger partial charge in [-0.1, -0.05) is 54.6 Å². The highest BCUT2D eigenvalue weighted by molar-refractivity contribution is 6.05. The normalized spacial score (nSPS) is 12.3. The molecule has 39 heavy (non-hydrogen) atoms. The minimum atomic E-state index is -0.587. The van der Waals surface area contributed by atoms with Gasteiger partial charge in [-0.05, 0) is 71.3 Å². The Balaban J connectivity index is 1.25. The summed E-state index contributed by atoms with van der Waals surface area (Å²) in [6.07, 6.45) is 3.06. The van der Waals surface area contributed by atoms with Crippen molar-refractivity contribution in [3.05, 3.63) is 131 Å². The van der Waals surface area contributed by atoms with Crippen LogP contribution >= 0.6 is 0 Å². The van der Waals surface area contributed by atoms with Gasteiger partial charge in [0.05, 0.1) is 6.21 Å². The summed E-state index contributed by atoms with van der Waals surface area (Å²) in [5.41, 5.74) is 5.40. The van der Waals surface area contributed by atoms with Crippen LogP contribution in [0.2, 0.25) is 0 Å². The third-order valence-electron chi connectivity index (χ3n) is 5.74. The maximum absolute atomic E-state index is 13.0. The highest BCUT2D eigenvalue weighted by Crippen LogP contribution is 2.33. The average molecular weight is 520 g/mol. The van der Waals surface area contributed by atoms with Crippen molar-refractivity contribution in [1.82, 2.24) is 10.7 Å². The summed E-state index contributed by atoms with van der Waals surface area (Å²) >= 11 is 0. The lowest BCUT2D eigenvalue weighted by atomic mass is 10.1. The monoisotopic (exact) mass is 519 g/mol. The molecule has 0 fully saturated rings. The van der Waals surface area contributed by atoms with Crippen LogP contribution in [-0.2, 0) is 11.4 Å². The van der Waals surface area contributed by atoms with Crippen LogP contribution in [0.1, 0.15) is 27.0 Å². The largest absolute Gasteiger partial charge is 0.489 e. The van der Waals surface area contributed by atoms with Gasteiger partial charge < -0.3 is 19.5 Å². The van der Waals surface area contributed by atoms with Gasteiger partial charge in [0, 0.05) is 5.56 Å². The Morgan fingerprint density at radius 3 is 2.28 bits per heavy atom. The molecule has 8 nitrogen and oxygen atoms in total. The molecule has 0 spiro atoms. The zero-order chi connectivity index (χ0) is 26.9. The molecule has 1 aliphatic rings. The highest BCUT2D eigenvalue weighted by Gasteiger charge is 2.17. The summed E-state index contributed by atoms with van der Waals surface area (Å²) in [6.45, 7) is 0.604. The molecule has 8 heteroatoms. The molecule has 0 saturated carbocycles. The van der Waals surface area contributed by atoms with E-state index in [0.29, 0.717) is 29.2 Å². The molecule has 2 amide bonds. The van der Waals surface area contributed by atoms with E-state index in [1.165, 1.54) is 6.21 Å². The standard InChI is InChI=1S/C31H25N3O5/c35-30(25-9-5-2-6-10-25)33-27(17-24-13-16-28-29(18-24)39-21-38-28)31(36)34-32-19-22-11-14-26(15-12-22)37-20-23-7-3-1-4-8-23/h1-19H,20-21H2,(H,33,35)(H,34,36)/b27-17-,32-19-. The van der Waals surface area contributed by atoms with E-state index in [1.54, 1.807) is 48.5 Å². The Labute approximate surface area is 225 Å². The molecule has 5 rings (SSSR count). The van der Waals surface area contributed by atoms with Gasteiger partial charge in [-0.3, -0.25) is 9.59 Å². The third kappa shape index (κ3) is 6.90. The molecule has 0 atom stereocenters. The number of rotatable bonds is 9. The summed E-state index contributed by atoms with van der Waals surface area (Å²) in [7, 11) is 0. The van der Waals surface area contributed by atoms with Crippen molar-refractivity contribution < 1.29 is 23.8 Å². The van der Waals surface area contributed by atoms with Gasteiger partial charge in [0.25, 0.3) is 11.8 Å². The lowest BCUT2D eigenvalue weighted by molar-refractivity contribution is -0.117. The quantitative estimate of drug-likeness (QED) is 0.186. The minimum absolute atomic E-state index is 0.0181. The first-order valence-electron chi connectivity index (χ1n) is 12.2. The zero-order valence-corrected chi connectivity index (χ0v) is 20.9. The molecule has 0 aromatic heterocycles. The maximum atomic E-state index is 13.0. The molecule has 4 aromatic carbocycles. The number of benzene rings is 4. The summed E-state index contributed by atoms with van der Waals surface area (Å²) in [5, 5.41) is 6.74. The van der Waals surface area contributed by atoms with Crippen LogP contribution in [0.4, 0.5) is 0 Å². The molecular weight excluding hydrogens is 494 g/mol. The van der Waals surface area contributed by atoms with Crippen molar-refractivity contribution >= 4 is 24.1 Å². The van der Waals surface area contributed by atoms with E-state index in [2.05, 4.69) is 15.8 Å². The van der Waals surface area contributed by atoms with Crippen LogP contribution in [0, 0.1) is 0 Å². The van der Waals surface area contributed by atoms with Gasteiger partial charge in [-0.25, -0.2) is 5.43 Å².